The van der Waals surface area contributed by atoms with Crippen LogP contribution < -0.4 is 14.2 Å². The van der Waals surface area contributed by atoms with Crippen molar-refractivity contribution in [3.05, 3.63) is 64.6 Å². The van der Waals surface area contributed by atoms with Crippen molar-refractivity contribution in [2.24, 2.45) is 0 Å². The number of nitrogens with zero attached hydrogens (tertiary/aromatic N) is 4. The molecule has 0 fully saturated rings. The molecule has 0 spiro atoms. The Kier molecular flexibility index (Phi) is 10.4. The third kappa shape index (κ3) is 7.82. The number of aliphatic hydroxyl groups is 1. The number of aryl methyl sites for hydroxylation is 1. The maximum Gasteiger partial charge on any atom is 0.490 e. The van der Waals surface area contributed by atoms with Crippen molar-refractivity contribution in [1.82, 2.24) is 19.7 Å². The predicted octanol–water partition coefficient (Wildman–Crippen LogP) is 4.51. The van der Waals surface area contributed by atoms with Crippen molar-refractivity contribution in [1.29, 1.82) is 0 Å². The number of halogens is 4. The number of aromatic nitrogens is 4. The van der Waals surface area contributed by atoms with Crippen LogP contribution in [0.3, 0.4) is 0 Å². The third-order valence-corrected chi connectivity index (χ3v) is 7.89. The summed E-state index contributed by atoms with van der Waals surface area (Å²) in [4.78, 5) is 13.0. The van der Waals surface area contributed by atoms with Gasteiger partial charge in [-0.25, -0.2) is 13.2 Å². The zero-order valence-electron chi connectivity index (χ0n) is 22.8. The maximum atomic E-state index is 13.3. The van der Waals surface area contributed by atoms with E-state index in [0.29, 0.717) is 33.2 Å². The van der Waals surface area contributed by atoms with Gasteiger partial charge in [0.15, 0.2) is 5.76 Å². The summed E-state index contributed by atoms with van der Waals surface area (Å²) < 4.78 is 79.8. The molecule has 1 aromatic carbocycles. The number of nitrogens with one attached hydrogen (secondary N) is 1. The number of aliphatic carboxylic acids is 1. The second kappa shape index (κ2) is 13.4. The van der Waals surface area contributed by atoms with Crippen molar-refractivity contribution in [3.63, 3.8) is 0 Å². The second-order valence-corrected chi connectivity index (χ2v) is 11.6. The molecule has 232 valence electrons. The summed E-state index contributed by atoms with van der Waals surface area (Å²) in [6.45, 7) is 3.15. The number of alkyl halides is 3. The van der Waals surface area contributed by atoms with Crippen molar-refractivity contribution in [2.45, 2.75) is 31.4 Å². The van der Waals surface area contributed by atoms with Gasteiger partial charge in [-0.05, 0) is 66.2 Å². The van der Waals surface area contributed by atoms with E-state index in [1.54, 1.807) is 49.4 Å². The van der Waals surface area contributed by atoms with E-state index >= 15 is 0 Å². The normalized spacial score (nSPS) is 13.0. The van der Waals surface area contributed by atoms with Crippen LogP contribution in [0.2, 0.25) is 0 Å². The number of furan rings is 1. The molecule has 0 saturated heterocycles. The number of carboxylic acids is 1. The molecule has 0 amide bonds. The van der Waals surface area contributed by atoms with E-state index in [2.05, 4.69) is 35.8 Å². The molecule has 13 nitrogen and oxygen atoms in total. The topological polar surface area (TPSA) is 179 Å². The first kappa shape index (κ1) is 33.3. The summed E-state index contributed by atoms with van der Waals surface area (Å²) in [7, 11) is -1.23. The van der Waals surface area contributed by atoms with Gasteiger partial charge in [-0.3, -0.25) is 14.3 Å². The van der Waals surface area contributed by atoms with E-state index in [9.17, 15) is 26.7 Å². The number of para-hydroxylation sites is 1. The van der Waals surface area contributed by atoms with E-state index in [1.165, 1.54) is 31.9 Å². The molecule has 18 heteroatoms. The number of ether oxygens (including phenoxy) is 2. The summed E-state index contributed by atoms with van der Waals surface area (Å²) in [6.07, 6.45) is -5.01. The fourth-order valence-electron chi connectivity index (χ4n) is 3.52. The van der Waals surface area contributed by atoms with Gasteiger partial charge in [-0.1, -0.05) is 6.07 Å². The zero-order chi connectivity index (χ0) is 32.1. The van der Waals surface area contributed by atoms with Crippen molar-refractivity contribution in [3.8, 4) is 28.8 Å². The number of methoxy groups -OCH3 is 2. The molecule has 0 bridgehead atoms. The van der Waals surface area contributed by atoms with Gasteiger partial charge in [0.1, 0.15) is 34.3 Å². The number of carbonyl (C=O) groups is 1. The van der Waals surface area contributed by atoms with Gasteiger partial charge in [0.05, 0.1) is 19.9 Å². The Balaban J connectivity index is 0.000000646. The van der Waals surface area contributed by atoms with Crippen molar-refractivity contribution in [2.75, 3.05) is 18.9 Å². The molecule has 3 aromatic heterocycles. The van der Waals surface area contributed by atoms with Gasteiger partial charge >= 0.3 is 12.1 Å². The van der Waals surface area contributed by atoms with Gasteiger partial charge in [-0.2, -0.15) is 13.2 Å². The summed E-state index contributed by atoms with van der Waals surface area (Å²) >= 11 is 3.27. The monoisotopic (exact) mass is 691 g/mol. The Morgan fingerprint density at radius 3 is 2.16 bits per heavy atom. The minimum atomic E-state index is -5.08. The quantitative estimate of drug-likeness (QED) is 0.225. The van der Waals surface area contributed by atoms with Crippen LogP contribution in [0, 0.1) is 6.92 Å². The molecular weight excluding hydrogens is 667 g/mol. The summed E-state index contributed by atoms with van der Waals surface area (Å²) in [6, 6.07) is 11.8. The molecule has 4 aromatic rings. The fourth-order valence-corrected chi connectivity index (χ4v) is 4.81. The lowest BCUT2D eigenvalue weighted by molar-refractivity contribution is -0.192. The predicted molar refractivity (Wildman–Crippen MR) is 149 cm³/mol. The zero-order valence-corrected chi connectivity index (χ0v) is 25.2. The van der Waals surface area contributed by atoms with Crippen LogP contribution in [0.1, 0.15) is 24.5 Å². The lowest BCUT2D eigenvalue weighted by atomic mass is 10.2. The molecule has 3 heterocycles. The summed E-state index contributed by atoms with van der Waals surface area (Å²) in [5, 5.41) is 24.8. The van der Waals surface area contributed by atoms with Crippen LogP contribution in [0.25, 0.3) is 17.3 Å². The number of sulfonamides is 1. The number of rotatable bonds is 9. The minimum absolute atomic E-state index is 0.148. The molecule has 2 atom stereocenters. The Labute approximate surface area is 251 Å². The first-order chi connectivity index (χ1) is 20.1. The van der Waals surface area contributed by atoms with Crippen LogP contribution in [0.5, 0.6) is 11.5 Å². The van der Waals surface area contributed by atoms with Crippen LogP contribution in [-0.4, -0.2) is 70.0 Å². The average molecular weight is 692 g/mol. The molecule has 3 N–H and O–H groups in total. The number of hydrogen-bond acceptors (Lipinski definition) is 10. The Morgan fingerprint density at radius 2 is 1.70 bits per heavy atom. The van der Waals surface area contributed by atoms with E-state index in [4.69, 9.17) is 23.8 Å². The van der Waals surface area contributed by atoms with E-state index in [0.717, 1.165) is 0 Å². The van der Waals surface area contributed by atoms with Crippen LogP contribution in [0.4, 0.5) is 19.1 Å². The van der Waals surface area contributed by atoms with Gasteiger partial charge in [0.25, 0.3) is 0 Å². The van der Waals surface area contributed by atoms with Gasteiger partial charge in [0.2, 0.25) is 21.8 Å². The molecule has 0 saturated carbocycles. The molecule has 4 rings (SSSR count). The van der Waals surface area contributed by atoms with Gasteiger partial charge in [0, 0.05) is 10.7 Å². The van der Waals surface area contributed by atoms with E-state index < -0.39 is 33.5 Å². The Morgan fingerprint density at radius 1 is 1.09 bits per heavy atom. The summed E-state index contributed by atoms with van der Waals surface area (Å²) in [5.41, 5.74) is 0.563. The first-order valence-corrected chi connectivity index (χ1v) is 14.3. The molecule has 0 aliphatic heterocycles. The highest BCUT2D eigenvalue weighted by Crippen LogP contribution is 2.38. The van der Waals surface area contributed by atoms with E-state index in [-0.39, 0.29) is 17.5 Å². The largest absolute Gasteiger partial charge is 0.494 e. The average Bonchev–Trinajstić information content (AvgIpc) is 3.57. The van der Waals surface area contributed by atoms with Gasteiger partial charge in [-0.15, -0.1) is 10.2 Å². The van der Waals surface area contributed by atoms with Crippen LogP contribution in [-0.2, 0) is 14.8 Å². The standard InChI is InChI=1S/C23H24BrN5O6S.C2HF3O2/c1-13-8-11-19(35-13)22-26-27-23(29(22)20-17(33-3)6-5-7-18(20)34-4)28-36(31,32)14(2)21(30)16-10-9-15(24)12-25-16;3-2(4,5)1(6)7/h5-12,14,21,30H,1-4H3,(H,27,28);(H,6,7)/t14-,21-;/m0./s1. The highest BCUT2D eigenvalue weighted by Gasteiger charge is 2.38. The number of benzene rings is 1. The molecule has 43 heavy (non-hydrogen) atoms. The number of aliphatic hydroxyl groups excluding tert-OH is 1. The van der Waals surface area contributed by atoms with Crippen molar-refractivity contribution < 1.29 is 50.5 Å². The third-order valence-electron chi connectivity index (χ3n) is 5.71. The SMILES string of the molecule is COc1cccc(OC)c1-n1c(NS(=O)(=O)[C@@H](C)[C@H](O)c2ccc(Br)cn2)nnc1-c1ccc(C)o1.O=C(O)C(F)(F)F. The molecule has 0 unspecified atom stereocenters. The Hall–Kier alpha value is -4.16. The van der Waals surface area contributed by atoms with Crippen LogP contribution >= 0.6 is 15.9 Å². The highest BCUT2D eigenvalue weighted by atomic mass is 79.9. The number of pyridine rings is 1. The number of carboxylic acid groups (broad SMARTS) is 1. The molecular formula is C25H25BrF3N5O8S. The second-order valence-electron chi connectivity index (χ2n) is 8.61. The first-order valence-electron chi connectivity index (χ1n) is 12.0. The lowest BCUT2D eigenvalue weighted by Crippen LogP contribution is -2.32. The van der Waals surface area contributed by atoms with Crippen LogP contribution in [0.15, 0.2) is 57.6 Å². The number of hydrogen-bond donors (Lipinski definition) is 3. The highest BCUT2D eigenvalue weighted by molar-refractivity contribution is 9.10. The molecule has 0 aliphatic rings. The summed E-state index contributed by atoms with van der Waals surface area (Å²) in [5.74, 6) is -0.945. The smallest absolute Gasteiger partial charge is 0.490 e. The minimum Gasteiger partial charge on any atom is -0.494 e. The van der Waals surface area contributed by atoms with Crippen molar-refractivity contribution >= 4 is 37.9 Å². The fraction of sp³-hybridized carbons (Fsp3) is 0.280. The lowest BCUT2D eigenvalue weighted by Gasteiger charge is -2.21. The van der Waals surface area contributed by atoms with E-state index in [1.807, 2.05) is 0 Å². The van der Waals surface area contributed by atoms with Gasteiger partial charge < -0.3 is 24.1 Å². The maximum absolute atomic E-state index is 13.3. The molecule has 0 aliphatic carbocycles. The molecule has 0 radical (unpaired) electrons. The number of anilines is 1. The Bertz CT molecular complexity index is 1650.